The average Bonchev–Trinajstić information content (AvgIpc) is 2.76. The molecule has 5 heteroatoms. The number of carboxylic acid groups (broad SMARTS) is 1. The van der Waals surface area contributed by atoms with Gasteiger partial charge in [-0.05, 0) is 49.1 Å². The van der Waals surface area contributed by atoms with Crippen molar-refractivity contribution in [2.24, 2.45) is 0 Å². The minimum absolute atomic E-state index is 0.231. The van der Waals surface area contributed by atoms with Gasteiger partial charge in [-0.3, -0.25) is 4.98 Å². The van der Waals surface area contributed by atoms with Gasteiger partial charge in [-0.2, -0.15) is 0 Å². The molecule has 3 aromatic rings. The summed E-state index contributed by atoms with van der Waals surface area (Å²) in [6.45, 7) is 2.62. The molecule has 0 aliphatic heterocycles. The number of aromatic carboxylic acids is 1. The molecular weight excluding hydrogens is 366 g/mol. The van der Waals surface area contributed by atoms with E-state index in [1.54, 1.807) is 19.2 Å². The van der Waals surface area contributed by atoms with Crippen molar-refractivity contribution in [2.45, 2.75) is 26.2 Å². The standard InChI is InChI=1S/C24H25NO4/c1-3-15-29-23-16-18(28-2)10-11-19(23)21-14-12-20(24(26)27)22(25-21)13-9-17-7-5-4-6-8-17/h4-8,10-12,14,16H,3,9,13,15H2,1-2H3,(H,26,27). The Kier molecular flexibility index (Phi) is 6.85. The van der Waals surface area contributed by atoms with Gasteiger partial charge in [0.15, 0.2) is 0 Å². The molecule has 0 spiro atoms. The van der Waals surface area contributed by atoms with Gasteiger partial charge < -0.3 is 14.6 Å². The summed E-state index contributed by atoms with van der Waals surface area (Å²) in [6.07, 6.45) is 2.14. The summed E-state index contributed by atoms with van der Waals surface area (Å²) >= 11 is 0. The fraction of sp³-hybridized carbons (Fsp3) is 0.250. The van der Waals surface area contributed by atoms with E-state index < -0.39 is 5.97 Å². The predicted octanol–water partition coefficient (Wildman–Crippen LogP) is 5.03. The third-order valence-electron chi connectivity index (χ3n) is 4.62. The number of ether oxygens (including phenoxy) is 2. The number of aryl methyl sites for hydroxylation is 2. The lowest BCUT2D eigenvalue weighted by Gasteiger charge is -2.14. The molecule has 150 valence electrons. The van der Waals surface area contributed by atoms with E-state index in [9.17, 15) is 9.90 Å². The van der Waals surface area contributed by atoms with E-state index >= 15 is 0 Å². The van der Waals surface area contributed by atoms with Gasteiger partial charge in [0.05, 0.1) is 30.7 Å². The minimum atomic E-state index is -0.968. The highest BCUT2D eigenvalue weighted by molar-refractivity contribution is 5.89. The van der Waals surface area contributed by atoms with Crippen molar-refractivity contribution < 1.29 is 19.4 Å². The van der Waals surface area contributed by atoms with Gasteiger partial charge in [0.25, 0.3) is 0 Å². The van der Waals surface area contributed by atoms with Crippen molar-refractivity contribution in [3.05, 3.63) is 77.5 Å². The number of benzene rings is 2. The van der Waals surface area contributed by atoms with Crippen LogP contribution >= 0.6 is 0 Å². The van der Waals surface area contributed by atoms with Crippen LogP contribution in [0, 0.1) is 0 Å². The minimum Gasteiger partial charge on any atom is -0.497 e. The van der Waals surface area contributed by atoms with Gasteiger partial charge in [-0.25, -0.2) is 4.79 Å². The normalized spacial score (nSPS) is 10.6. The fourth-order valence-corrected chi connectivity index (χ4v) is 3.12. The van der Waals surface area contributed by atoms with E-state index in [4.69, 9.17) is 14.5 Å². The predicted molar refractivity (Wildman–Crippen MR) is 113 cm³/mol. The first-order chi connectivity index (χ1) is 14.1. The van der Waals surface area contributed by atoms with Crippen LogP contribution in [-0.4, -0.2) is 29.8 Å². The van der Waals surface area contributed by atoms with Crippen LogP contribution in [0.15, 0.2) is 60.7 Å². The largest absolute Gasteiger partial charge is 0.497 e. The first kappa shape index (κ1) is 20.4. The van der Waals surface area contributed by atoms with Crippen LogP contribution in [0.25, 0.3) is 11.3 Å². The summed E-state index contributed by atoms with van der Waals surface area (Å²) in [5.74, 6) is 0.409. The van der Waals surface area contributed by atoms with Crippen molar-refractivity contribution in [3.8, 4) is 22.8 Å². The lowest BCUT2D eigenvalue weighted by Crippen LogP contribution is -2.07. The highest BCUT2D eigenvalue weighted by Gasteiger charge is 2.16. The third-order valence-corrected chi connectivity index (χ3v) is 4.62. The molecule has 0 amide bonds. The van der Waals surface area contributed by atoms with Crippen LogP contribution in [0.1, 0.15) is 35.0 Å². The summed E-state index contributed by atoms with van der Waals surface area (Å²) in [7, 11) is 1.61. The van der Waals surface area contributed by atoms with Gasteiger partial charge in [-0.15, -0.1) is 0 Å². The molecule has 0 aliphatic rings. The summed E-state index contributed by atoms with van der Waals surface area (Å²) in [4.78, 5) is 16.4. The van der Waals surface area contributed by atoms with Crippen LogP contribution in [0.5, 0.6) is 11.5 Å². The molecule has 0 saturated carbocycles. The molecule has 0 aliphatic carbocycles. The first-order valence-corrected chi connectivity index (χ1v) is 9.70. The molecule has 0 fully saturated rings. The topological polar surface area (TPSA) is 68.7 Å². The van der Waals surface area contributed by atoms with E-state index in [-0.39, 0.29) is 5.56 Å². The Bertz CT molecular complexity index is 970. The smallest absolute Gasteiger partial charge is 0.337 e. The van der Waals surface area contributed by atoms with Gasteiger partial charge in [-0.1, -0.05) is 37.3 Å². The Morgan fingerprint density at radius 3 is 2.52 bits per heavy atom. The second kappa shape index (κ2) is 9.73. The second-order valence-electron chi connectivity index (χ2n) is 6.69. The maximum atomic E-state index is 11.7. The number of pyridine rings is 1. The van der Waals surface area contributed by atoms with E-state index in [1.807, 2.05) is 55.5 Å². The summed E-state index contributed by atoms with van der Waals surface area (Å²) in [6, 6.07) is 18.9. The molecule has 2 aromatic carbocycles. The number of carbonyl (C=O) groups is 1. The molecule has 0 radical (unpaired) electrons. The van der Waals surface area contributed by atoms with Crippen molar-refractivity contribution in [2.75, 3.05) is 13.7 Å². The highest BCUT2D eigenvalue weighted by atomic mass is 16.5. The number of nitrogens with zero attached hydrogens (tertiary/aromatic N) is 1. The Morgan fingerprint density at radius 1 is 1.03 bits per heavy atom. The molecule has 0 atom stereocenters. The van der Waals surface area contributed by atoms with Gasteiger partial charge in [0, 0.05) is 11.6 Å². The highest BCUT2D eigenvalue weighted by Crippen LogP contribution is 2.33. The maximum absolute atomic E-state index is 11.7. The molecule has 0 saturated heterocycles. The summed E-state index contributed by atoms with van der Waals surface area (Å²) in [5, 5.41) is 9.58. The fourth-order valence-electron chi connectivity index (χ4n) is 3.12. The number of hydrogen-bond acceptors (Lipinski definition) is 4. The van der Waals surface area contributed by atoms with Crippen molar-refractivity contribution in [3.63, 3.8) is 0 Å². The Balaban J connectivity index is 1.96. The molecule has 1 heterocycles. The van der Waals surface area contributed by atoms with E-state index in [1.165, 1.54) is 0 Å². The zero-order valence-electron chi connectivity index (χ0n) is 16.7. The molecule has 0 unspecified atom stereocenters. The quantitative estimate of drug-likeness (QED) is 0.554. The summed E-state index contributed by atoms with van der Waals surface area (Å²) < 4.78 is 11.2. The number of rotatable bonds is 9. The average molecular weight is 391 g/mol. The van der Waals surface area contributed by atoms with Gasteiger partial charge in [0.1, 0.15) is 11.5 Å². The number of carboxylic acids is 1. The zero-order valence-corrected chi connectivity index (χ0v) is 16.7. The Morgan fingerprint density at radius 2 is 1.83 bits per heavy atom. The molecule has 3 rings (SSSR count). The van der Waals surface area contributed by atoms with Crippen LogP contribution in [-0.2, 0) is 12.8 Å². The molecular formula is C24H25NO4. The van der Waals surface area contributed by atoms with Crippen LogP contribution in [0.4, 0.5) is 0 Å². The first-order valence-electron chi connectivity index (χ1n) is 9.70. The molecule has 1 aromatic heterocycles. The SMILES string of the molecule is CCCOc1cc(OC)ccc1-c1ccc(C(=O)O)c(CCc2ccccc2)n1. The zero-order chi connectivity index (χ0) is 20.6. The number of methoxy groups -OCH3 is 1. The molecule has 1 N–H and O–H groups in total. The molecule has 29 heavy (non-hydrogen) atoms. The van der Waals surface area contributed by atoms with Gasteiger partial charge >= 0.3 is 5.97 Å². The lowest BCUT2D eigenvalue weighted by atomic mass is 10.0. The van der Waals surface area contributed by atoms with Crippen molar-refractivity contribution in [1.82, 2.24) is 4.98 Å². The molecule has 5 nitrogen and oxygen atoms in total. The monoisotopic (exact) mass is 391 g/mol. The number of aromatic nitrogens is 1. The van der Waals surface area contributed by atoms with Crippen LogP contribution in [0.2, 0.25) is 0 Å². The van der Waals surface area contributed by atoms with Gasteiger partial charge in [0.2, 0.25) is 0 Å². The van der Waals surface area contributed by atoms with Crippen LogP contribution < -0.4 is 9.47 Å². The maximum Gasteiger partial charge on any atom is 0.337 e. The number of hydrogen-bond donors (Lipinski definition) is 1. The Hall–Kier alpha value is -3.34. The van der Waals surface area contributed by atoms with E-state index in [2.05, 4.69) is 0 Å². The lowest BCUT2D eigenvalue weighted by molar-refractivity contribution is 0.0695. The van der Waals surface area contributed by atoms with Crippen molar-refractivity contribution >= 4 is 5.97 Å². The Labute approximate surface area is 171 Å². The summed E-state index contributed by atoms with van der Waals surface area (Å²) in [5.41, 5.74) is 3.45. The second-order valence-corrected chi connectivity index (χ2v) is 6.69. The third kappa shape index (κ3) is 5.13. The van der Waals surface area contributed by atoms with Crippen LogP contribution in [0.3, 0.4) is 0 Å². The molecule has 0 bridgehead atoms. The van der Waals surface area contributed by atoms with E-state index in [0.717, 1.165) is 24.0 Å². The van der Waals surface area contributed by atoms with E-state index in [0.29, 0.717) is 35.9 Å². The van der Waals surface area contributed by atoms with Crippen molar-refractivity contribution in [1.29, 1.82) is 0 Å².